The maximum atomic E-state index is 10.3. The van der Waals surface area contributed by atoms with Crippen LogP contribution < -0.4 is 4.74 Å². The topological polar surface area (TPSA) is 59.8 Å². The van der Waals surface area contributed by atoms with Crippen molar-refractivity contribution in [3.63, 3.8) is 0 Å². The molecular weight excluding hydrogens is 246 g/mol. The van der Waals surface area contributed by atoms with Gasteiger partial charge in [0, 0.05) is 26.2 Å². The zero-order valence-electron chi connectivity index (χ0n) is 12.3. The van der Waals surface area contributed by atoms with Crippen molar-refractivity contribution in [2.75, 3.05) is 41.0 Å². The Balaban J connectivity index is 2.73. The molecule has 0 aliphatic rings. The number of aliphatic hydroxyl groups is 1. The molecule has 0 saturated heterocycles. The van der Waals surface area contributed by atoms with Crippen molar-refractivity contribution in [2.45, 2.75) is 26.0 Å². The molecule has 0 aromatic carbocycles. The van der Waals surface area contributed by atoms with Gasteiger partial charge in [0.15, 0.2) is 5.75 Å². The minimum atomic E-state index is -0.619. The molecule has 1 atom stereocenters. The van der Waals surface area contributed by atoms with Gasteiger partial charge in [-0.2, -0.15) is 5.10 Å². The number of nitrogens with zero attached hydrogens (tertiary/aromatic N) is 3. The van der Waals surface area contributed by atoms with Crippen molar-refractivity contribution in [3.8, 4) is 5.75 Å². The summed E-state index contributed by atoms with van der Waals surface area (Å²) in [5, 5.41) is 14.5. The van der Waals surface area contributed by atoms with Crippen molar-refractivity contribution in [1.82, 2.24) is 14.7 Å². The summed E-state index contributed by atoms with van der Waals surface area (Å²) in [5.74, 6) is 0.628. The van der Waals surface area contributed by atoms with Gasteiger partial charge >= 0.3 is 0 Å². The van der Waals surface area contributed by atoms with Gasteiger partial charge in [0.05, 0.1) is 19.9 Å². The highest BCUT2D eigenvalue weighted by molar-refractivity contribution is 5.27. The molecule has 1 N–H and O–H groups in total. The number of rotatable bonds is 9. The maximum absolute atomic E-state index is 10.3. The summed E-state index contributed by atoms with van der Waals surface area (Å²) < 4.78 is 12.3. The van der Waals surface area contributed by atoms with Crippen LogP contribution in [0.2, 0.25) is 0 Å². The summed E-state index contributed by atoms with van der Waals surface area (Å²) in [5.41, 5.74) is 0.726. The SMILES string of the molecule is CCOCCC(O)c1c(OC)cnn1CCN(C)C. The molecule has 0 spiro atoms. The summed E-state index contributed by atoms with van der Waals surface area (Å²) in [7, 11) is 5.60. The van der Waals surface area contributed by atoms with Crippen molar-refractivity contribution < 1.29 is 14.6 Å². The lowest BCUT2D eigenvalue weighted by Gasteiger charge is -2.16. The van der Waals surface area contributed by atoms with Gasteiger partial charge in [0.1, 0.15) is 11.8 Å². The second kappa shape index (κ2) is 8.14. The van der Waals surface area contributed by atoms with Crippen LogP contribution in [0.4, 0.5) is 0 Å². The van der Waals surface area contributed by atoms with Crippen LogP contribution >= 0.6 is 0 Å². The number of hydrogen-bond acceptors (Lipinski definition) is 5. The van der Waals surface area contributed by atoms with Gasteiger partial charge in [0.2, 0.25) is 0 Å². The number of hydrogen-bond donors (Lipinski definition) is 1. The third-order valence-electron chi connectivity index (χ3n) is 2.88. The Kier molecular flexibility index (Phi) is 6.83. The predicted molar refractivity (Wildman–Crippen MR) is 73.4 cm³/mol. The lowest BCUT2D eigenvalue weighted by molar-refractivity contribution is 0.0824. The molecule has 1 rings (SSSR count). The first-order valence-corrected chi connectivity index (χ1v) is 6.60. The van der Waals surface area contributed by atoms with Crippen LogP contribution in [0, 0.1) is 0 Å². The number of methoxy groups -OCH3 is 1. The summed E-state index contributed by atoms with van der Waals surface area (Å²) >= 11 is 0. The van der Waals surface area contributed by atoms with E-state index in [1.54, 1.807) is 18.0 Å². The molecule has 0 fully saturated rings. The summed E-state index contributed by atoms with van der Waals surface area (Å²) in [6.07, 6.45) is 1.57. The molecule has 0 amide bonds. The summed E-state index contributed by atoms with van der Waals surface area (Å²) in [6.45, 7) is 4.70. The fraction of sp³-hybridized carbons (Fsp3) is 0.769. The van der Waals surface area contributed by atoms with Crippen molar-refractivity contribution >= 4 is 0 Å². The first-order valence-electron chi connectivity index (χ1n) is 6.60. The van der Waals surface area contributed by atoms with Crippen molar-refractivity contribution in [1.29, 1.82) is 0 Å². The Hall–Kier alpha value is -1.11. The second-order valence-corrected chi connectivity index (χ2v) is 4.63. The first-order chi connectivity index (χ1) is 9.10. The third kappa shape index (κ3) is 4.81. The molecule has 19 heavy (non-hydrogen) atoms. The average Bonchev–Trinajstić information content (AvgIpc) is 2.79. The van der Waals surface area contributed by atoms with Crippen LogP contribution in [0.3, 0.4) is 0 Å². The normalized spacial score (nSPS) is 12.9. The minimum Gasteiger partial charge on any atom is -0.493 e. The van der Waals surface area contributed by atoms with E-state index in [-0.39, 0.29) is 0 Å². The Morgan fingerprint density at radius 1 is 1.47 bits per heavy atom. The lowest BCUT2D eigenvalue weighted by atomic mass is 10.2. The summed E-state index contributed by atoms with van der Waals surface area (Å²) in [6, 6.07) is 0. The largest absolute Gasteiger partial charge is 0.493 e. The van der Waals surface area contributed by atoms with E-state index in [4.69, 9.17) is 9.47 Å². The van der Waals surface area contributed by atoms with Crippen LogP contribution in [-0.4, -0.2) is 60.8 Å². The molecule has 0 radical (unpaired) electrons. The Morgan fingerprint density at radius 2 is 2.21 bits per heavy atom. The Bertz CT molecular complexity index is 366. The second-order valence-electron chi connectivity index (χ2n) is 4.63. The van der Waals surface area contributed by atoms with Gasteiger partial charge in [-0.05, 0) is 21.0 Å². The quantitative estimate of drug-likeness (QED) is 0.677. The number of aromatic nitrogens is 2. The Labute approximate surface area is 114 Å². The van der Waals surface area contributed by atoms with E-state index in [0.717, 1.165) is 18.8 Å². The smallest absolute Gasteiger partial charge is 0.162 e. The highest BCUT2D eigenvalue weighted by atomic mass is 16.5. The molecule has 0 aliphatic heterocycles. The van der Waals surface area contributed by atoms with Gasteiger partial charge in [-0.1, -0.05) is 0 Å². The van der Waals surface area contributed by atoms with Gasteiger partial charge < -0.3 is 19.5 Å². The van der Waals surface area contributed by atoms with Crippen LogP contribution in [0.15, 0.2) is 6.20 Å². The fourth-order valence-corrected chi connectivity index (χ4v) is 1.82. The van der Waals surface area contributed by atoms with Crippen molar-refractivity contribution in [2.24, 2.45) is 0 Å². The molecule has 1 heterocycles. The number of ether oxygens (including phenoxy) is 2. The standard InChI is InChI=1S/C13H25N3O3/c1-5-19-9-6-11(17)13-12(18-4)10-14-16(13)8-7-15(2)3/h10-11,17H,5-9H2,1-4H3. The van der Waals surface area contributed by atoms with Crippen LogP contribution in [-0.2, 0) is 11.3 Å². The highest BCUT2D eigenvalue weighted by Gasteiger charge is 2.19. The molecule has 0 bridgehead atoms. The van der Waals surface area contributed by atoms with Crippen LogP contribution in [0.1, 0.15) is 25.1 Å². The molecule has 1 unspecified atom stereocenters. The Morgan fingerprint density at radius 3 is 2.79 bits per heavy atom. The molecular formula is C13H25N3O3. The molecule has 110 valence electrons. The third-order valence-corrected chi connectivity index (χ3v) is 2.88. The van der Waals surface area contributed by atoms with Crippen molar-refractivity contribution in [3.05, 3.63) is 11.9 Å². The monoisotopic (exact) mass is 271 g/mol. The number of likely N-dealkylation sites (N-methyl/N-ethyl adjacent to an activating group) is 1. The van der Waals surface area contributed by atoms with E-state index in [1.165, 1.54) is 0 Å². The van der Waals surface area contributed by atoms with Crippen LogP contribution in [0.5, 0.6) is 5.75 Å². The molecule has 0 saturated carbocycles. The van der Waals surface area contributed by atoms with Gasteiger partial charge in [-0.3, -0.25) is 4.68 Å². The minimum absolute atomic E-state index is 0.527. The maximum Gasteiger partial charge on any atom is 0.162 e. The number of aliphatic hydroxyl groups excluding tert-OH is 1. The van der Waals surface area contributed by atoms with E-state index in [9.17, 15) is 5.11 Å². The molecule has 6 nitrogen and oxygen atoms in total. The van der Waals surface area contributed by atoms with E-state index in [0.29, 0.717) is 25.4 Å². The van der Waals surface area contributed by atoms with Gasteiger partial charge in [-0.25, -0.2) is 0 Å². The lowest BCUT2D eigenvalue weighted by Crippen LogP contribution is -2.21. The predicted octanol–water partition coefficient (Wildman–Crippen LogP) is 0.913. The highest BCUT2D eigenvalue weighted by Crippen LogP contribution is 2.27. The van der Waals surface area contributed by atoms with E-state index in [1.807, 2.05) is 21.0 Å². The van der Waals surface area contributed by atoms with Gasteiger partial charge in [0.25, 0.3) is 0 Å². The fourth-order valence-electron chi connectivity index (χ4n) is 1.82. The molecule has 1 aromatic heterocycles. The summed E-state index contributed by atoms with van der Waals surface area (Å²) in [4.78, 5) is 2.07. The van der Waals surface area contributed by atoms with Gasteiger partial charge in [-0.15, -0.1) is 0 Å². The van der Waals surface area contributed by atoms with E-state index < -0.39 is 6.10 Å². The molecule has 0 aliphatic carbocycles. The zero-order valence-corrected chi connectivity index (χ0v) is 12.3. The van der Waals surface area contributed by atoms with Crippen LogP contribution in [0.25, 0.3) is 0 Å². The molecule has 6 heteroatoms. The average molecular weight is 271 g/mol. The van der Waals surface area contributed by atoms with E-state index in [2.05, 4.69) is 10.00 Å². The zero-order chi connectivity index (χ0) is 14.3. The first kappa shape index (κ1) is 15.9. The molecule has 1 aromatic rings. The van der Waals surface area contributed by atoms with E-state index >= 15 is 0 Å².